The van der Waals surface area contributed by atoms with E-state index in [1.807, 2.05) is 0 Å². The normalized spacial score (nSPS) is 20.3. The molecule has 2 saturated carbocycles. The van der Waals surface area contributed by atoms with Crippen molar-refractivity contribution in [1.82, 2.24) is 15.4 Å². The number of H-pyrrole nitrogens is 1. The average molecular weight is 333 g/mol. The Morgan fingerprint density at radius 1 is 1.17 bits per heavy atom. The Kier molecular flexibility index (Phi) is 3.77. The minimum Gasteiger partial charge on any atom is -0.472 e. The van der Waals surface area contributed by atoms with E-state index in [0.29, 0.717) is 5.41 Å². The highest BCUT2D eigenvalue weighted by atomic mass is 19.4. The van der Waals surface area contributed by atoms with Crippen LogP contribution < -0.4 is 4.74 Å². The van der Waals surface area contributed by atoms with E-state index in [-0.39, 0.29) is 12.0 Å². The smallest absolute Gasteiger partial charge is 0.472 e. The maximum atomic E-state index is 12.1. The Morgan fingerprint density at radius 3 is 2.39 bits per heavy atom. The Balaban J connectivity index is 1.60. The highest BCUT2D eigenvalue weighted by molar-refractivity contribution is 5.98. The summed E-state index contributed by atoms with van der Waals surface area (Å²) in [6.07, 6.45) is 0.597. The zero-order valence-corrected chi connectivity index (χ0v) is 12.0. The van der Waals surface area contributed by atoms with E-state index in [9.17, 15) is 22.8 Å². The van der Waals surface area contributed by atoms with E-state index in [1.165, 1.54) is 12.8 Å². The molecule has 0 radical (unpaired) electrons. The van der Waals surface area contributed by atoms with Crippen LogP contribution in [0.2, 0.25) is 0 Å². The molecule has 1 heterocycles. The highest BCUT2D eigenvalue weighted by Crippen LogP contribution is 2.56. The summed E-state index contributed by atoms with van der Waals surface area (Å²) in [4.78, 5) is 22.3. The van der Waals surface area contributed by atoms with Gasteiger partial charge in [0.2, 0.25) is 5.69 Å². The molecule has 2 fully saturated rings. The zero-order chi connectivity index (χ0) is 16.7. The number of carbonyl (C=O) groups is 2. The monoisotopic (exact) mass is 333 g/mol. The predicted molar refractivity (Wildman–Crippen MR) is 67.4 cm³/mol. The predicted octanol–water partition coefficient (Wildman–Crippen LogP) is 2.15. The van der Waals surface area contributed by atoms with Crippen LogP contribution in [0.1, 0.15) is 49.0 Å². The van der Waals surface area contributed by atoms with Crippen molar-refractivity contribution in [3.63, 3.8) is 0 Å². The van der Waals surface area contributed by atoms with Gasteiger partial charge in [-0.1, -0.05) is 10.3 Å². The first kappa shape index (κ1) is 15.8. The quantitative estimate of drug-likeness (QED) is 0.673. The maximum absolute atomic E-state index is 12.1. The number of alkyl halides is 3. The summed E-state index contributed by atoms with van der Waals surface area (Å²) in [6, 6.07) is 0. The summed E-state index contributed by atoms with van der Waals surface area (Å²) in [6.45, 7) is 0. The lowest BCUT2D eigenvalue weighted by molar-refractivity contribution is -0.193. The number of ether oxygens (including phenoxy) is 2. The van der Waals surface area contributed by atoms with Gasteiger partial charge in [-0.3, -0.25) is 0 Å². The molecule has 1 aromatic rings. The highest BCUT2D eigenvalue weighted by Gasteiger charge is 2.46. The van der Waals surface area contributed by atoms with Crippen LogP contribution in [-0.2, 0) is 9.53 Å². The van der Waals surface area contributed by atoms with Crippen LogP contribution in [0.15, 0.2) is 0 Å². The summed E-state index contributed by atoms with van der Waals surface area (Å²) in [5.41, 5.74) is -0.0563. The van der Waals surface area contributed by atoms with Crippen LogP contribution in [0, 0.1) is 5.41 Å². The van der Waals surface area contributed by atoms with Crippen molar-refractivity contribution >= 4 is 11.9 Å². The molecule has 0 unspecified atom stereocenters. The molecule has 1 N–H and O–H groups in total. The molecule has 1 aromatic heterocycles. The minimum atomic E-state index is -5.26. The van der Waals surface area contributed by atoms with Gasteiger partial charge in [0.1, 0.15) is 6.10 Å². The summed E-state index contributed by atoms with van der Waals surface area (Å²) in [7, 11) is 0. The van der Waals surface area contributed by atoms with Gasteiger partial charge in [0, 0.05) is 0 Å². The molecule has 23 heavy (non-hydrogen) atoms. The molecular formula is C13H14F3N3O4. The second-order valence-corrected chi connectivity index (χ2v) is 5.98. The second kappa shape index (κ2) is 5.50. The van der Waals surface area contributed by atoms with Crippen molar-refractivity contribution in [3.8, 4) is 5.88 Å². The Bertz CT molecular complexity index is 614. The van der Waals surface area contributed by atoms with Crippen molar-refractivity contribution in [2.24, 2.45) is 5.41 Å². The largest absolute Gasteiger partial charge is 0.491 e. The fourth-order valence-corrected chi connectivity index (χ4v) is 2.78. The van der Waals surface area contributed by atoms with Gasteiger partial charge in [-0.2, -0.15) is 13.2 Å². The molecule has 10 heteroatoms. The number of hydrogen-bond donors (Lipinski definition) is 1. The third kappa shape index (κ3) is 3.45. The fraction of sp³-hybridized carbons (Fsp3) is 0.692. The first-order valence-electron chi connectivity index (χ1n) is 7.20. The van der Waals surface area contributed by atoms with Gasteiger partial charge in [-0.25, -0.2) is 14.7 Å². The lowest BCUT2D eigenvalue weighted by Crippen LogP contribution is -2.29. The van der Waals surface area contributed by atoms with Gasteiger partial charge in [0.05, 0.1) is 0 Å². The molecule has 2 aliphatic carbocycles. The number of aromatic nitrogens is 3. The van der Waals surface area contributed by atoms with Crippen LogP contribution in [-0.4, -0.2) is 39.6 Å². The van der Waals surface area contributed by atoms with E-state index >= 15 is 0 Å². The van der Waals surface area contributed by atoms with E-state index in [0.717, 1.165) is 25.7 Å². The number of nitrogens with one attached hydrogen (secondary N) is 1. The number of rotatable bonds is 3. The second-order valence-electron chi connectivity index (χ2n) is 5.98. The average Bonchev–Trinajstić information content (AvgIpc) is 3.07. The molecule has 0 aromatic carbocycles. The van der Waals surface area contributed by atoms with Crippen LogP contribution in [0.4, 0.5) is 13.2 Å². The van der Waals surface area contributed by atoms with E-state index < -0.39 is 23.8 Å². The van der Waals surface area contributed by atoms with Crippen LogP contribution in [0.3, 0.4) is 0 Å². The standard InChI is InChI=1S/C13H14F3N3O4/c14-13(15,16)11(21)23-10(20)8-9(18-19-17-8)22-7-1-3-12(4-2-7)5-6-12/h7H,1-6H2,(H,17,18,19). The Labute approximate surface area is 128 Å². The lowest BCUT2D eigenvalue weighted by atomic mass is 9.85. The third-order valence-corrected chi connectivity index (χ3v) is 4.37. The summed E-state index contributed by atoms with van der Waals surface area (Å²) >= 11 is 0. The number of halogens is 3. The van der Waals surface area contributed by atoms with Gasteiger partial charge < -0.3 is 9.47 Å². The number of esters is 2. The van der Waals surface area contributed by atoms with Crippen molar-refractivity contribution in [2.75, 3.05) is 0 Å². The zero-order valence-electron chi connectivity index (χ0n) is 12.0. The molecule has 1 spiro atoms. The molecular weight excluding hydrogens is 319 g/mol. The van der Waals surface area contributed by atoms with E-state index in [2.05, 4.69) is 20.1 Å². The fourth-order valence-electron chi connectivity index (χ4n) is 2.78. The van der Waals surface area contributed by atoms with Gasteiger partial charge >= 0.3 is 18.1 Å². The van der Waals surface area contributed by atoms with Crippen LogP contribution in [0.5, 0.6) is 5.88 Å². The van der Waals surface area contributed by atoms with Gasteiger partial charge in [-0.05, 0) is 43.9 Å². The summed E-state index contributed by atoms with van der Waals surface area (Å²) < 4.78 is 45.6. The molecule has 0 atom stereocenters. The SMILES string of the molecule is O=C(OC(=O)C(F)(F)F)c1[nH]nnc1OC1CCC2(CC1)CC2. The van der Waals surface area contributed by atoms with Crippen molar-refractivity contribution < 1.29 is 32.2 Å². The van der Waals surface area contributed by atoms with Crippen LogP contribution >= 0.6 is 0 Å². The van der Waals surface area contributed by atoms with E-state index in [1.54, 1.807) is 0 Å². The maximum Gasteiger partial charge on any atom is 0.491 e. The molecule has 7 nitrogen and oxygen atoms in total. The van der Waals surface area contributed by atoms with Crippen molar-refractivity contribution in [3.05, 3.63) is 5.69 Å². The molecule has 0 bridgehead atoms. The van der Waals surface area contributed by atoms with Gasteiger partial charge in [0.15, 0.2) is 0 Å². The molecule has 126 valence electrons. The molecule has 2 aliphatic rings. The van der Waals surface area contributed by atoms with Crippen molar-refractivity contribution in [1.29, 1.82) is 0 Å². The van der Waals surface area contributed by atoms with Crippen molar-refractivity contribution in [2.45, 2.75) is 50.8 Å². The number of nitrogens with zero attached hydrogens (tertiary/aromatic N) is 2. The number of carbonyl (C=O) groups excluding carboxylic acids is 2. The molecule has 0 amide bonds. The molecule has 3 rings (SSSR count). The Morgan fingerprint density at radius 2 is 1.83 bits per heavy atom. The third-order valence-electron chi connectivity index (χ3n) is 4.37. The molecule has 0 saturated heterocycles. The number of hydrogen-bond acceptors (Lipinski definition) is 6. The number of aromatic amines is 1. The topological polar surface area (TPSA) is 94.2 Å². The van der Waals surface area contributed by atoms with E-state index in [4.69, 9.17) is 4.74 Å². The molecule has 0 aliphatic heterocycles. The first-order valence-corrected chi connectivity index (χ1v) is 7.20. The van der Waals surface area contributed by atoms with Gasteiger partial charge in [-0.15, -0.1) is 0 Å². The Hall–Kier alpha value is -2.13. The lowest BCUT2D eigenvalue weighted by Gasteiger charge is -2.28. The summed E-state index contributed by atoms with van der Waals surface area (Å²) in [5.74, 6) is -4.38. The minimum absolute atomic E-state index is 0.184. The summed E-state index contributed by atoms with van der Waals surface area (Å²) in [5, 5.41) is 8.96. The van der Waals surface area contributed by atoms with Crippen LogP contribution in [0.25, 0.3) is 0 Å². The van der Waals surface area contributed by atoms with Gasteiger partial charge in [0.25, 0.3) is 5.88 Å². The first-order chi connectivity index (χ1) is 10.8.